The quantitative estimate of drug-likeness (QED) is 0.0127. The summed E-state index contributed by atoms with van der Waals surface area (Å²) in [6.07, 6.45) is 0.792. The monoisotopic (exact) mass is 1480 g/mol. The van der Waals surface area contributed by atoms with Gasteiger partial charge in [-0.2, -0.15) is 50.5 Å². The summed E-state index contributed by atoms with van der Waals surface area (Å²) in [4.78, 5) is 224. The largest absolute Gasteiger partial charge is 0.508 e. The molecule has 0 radical (unpaired) electrons. The van der Waals surface area contributed by atoms with Crippen molar-refractivity contribution in [3.8, 4) is 5.75 Å². The van der Waals surface area contributed by atoms with Crippen LogP contribution in [0, 0.1) is 0 Å². The maximum Gasteiger partial charge on any atom is 0.327 e. The molecule has 26 N–H and O–H groups in total. The number of aromatic nitrogens is 2. The van der Waals surface area contributed by atoms with Crippen LogP contribution in [0.1, 0.15) is 56.7 Å². The second kappa shape index (κ2) is 43.0. The summed E-state index contributed by atoms with van der Waals surface area (Å²) in [7, 11) is 0. The number of carboxylic acid groups (broad SMARTS) is 1. The Bertz CT molecular complexity index is 3260. The summed E-state index contributed by atoms with van der Waals surface area (Å²) in [5, 5.41) is 57.0. The van der Waals surface area contributed by atoms with Crippen molar-refractivity contribution >= 4 is 151 Å². The topological polar surface area (TPSA) is 653 Å². The lowest BCUT2D eigenvalue weighted by Gasteiger charge is -2.30. The maximum atomic E-state index is 14.4. The predicted molar refractivity (Wildman–Crippen MR) is 365 cm³/mol. The SMILES string of the molecule is C[C@H](NC(=O)[C@@H]1CCCN1C(=O)[C@H](Cc1cnc[nH]1)NC(=O)[C@H](CS)NC(=O)[C@H](CS)NC(=O)[C@H](CCCN=C(N)N)NC(=O)CN)C(=O)N[C@@H](CS)C(=O)NCC(=O)N[C@@H](CC(N)=O)C(=O)N[C@@H](CC(N)=O)C(=O)N[C@@H](Cc1ccc(O)cc1)C(=O)N[C@@H](CO)C(=O)N[C@@H](CS)C(=O)O. The number of benzene rings is 1. The minimum Gasteiger partial charge on any atom is -0.508 e. The van der Waals surface area contributed by atoms with Crippen molar-refractivity contribution in [2.45, 2.75) is 131 Å². The van der Waals surface area contributed by atoms with E-state index in [2.05, 4.69) is 129 Å². The number of aliphatic hydroxyl groups is 1. The Morgan fingerprint density at radius 1 is 0.590 bits per heavy atom. The number of imidazole rings is 1. The number of carboxylic acids is 1. The third-order valence-electron chi connectivity index (χ3n) is 14.6. The summed E-state index contributed by atoms with van der Waals surface area (Å²) in [6.45, 7) is -1.11. The van der Waals surface area contributed by atoms with Crippen LogP contribution in [0.15, 0.2) is 41.8 Å². The van der Waals surface area contributed by atoms with E-state index in [4.69, 9.17) is 28.7 Å². The van der Waals surface area contributed by atoms with Crippen molar-refractivity contribution in [1.82, 2.24) is 78.7 Å². The number of hydrogen-bond donors (Lipinski definition) is 25. The van der Waals surface area contributed by atoms with Gasteiger partial charge in [-0.15, -0.1) is 0 Å². The minimum absolute atomic E-state index is 0.00336. The Balaban J connectivity index is 1.69. The van der Waals surface area contributed by atoms with E-state index in [-0.39, 0.29) is 79.7 Å². The van der Waals surface area contributed by atoms with Crippen molar-refractivity contribution in [3.63, 3.8) is 0 Å². The van der Waals surface area contributed by atoms with E-state index in [0.717, 1.165) is 0 Å². The van der Waals surface area contributed by atoms with Gasteiger partial charge < -0.3 is 118 Å². The average Bonchev–Trinajstić information content (AvgIpc) is 1.62. The van der Waals surface area contributed by atoms with E-state index in [9.17, 15) is 92.0 Å². The molecule has 552 valence electrons. The fourth-order valence-corrected chi connectivity index (χ4v) is 10.3. The Kier molecular flexibility index (Phi) is 36.4. The van der Waals surface area contributed by atoms with Crippen LogP contribution >= 0.6 is 50.5 Å². The molecule has 40 nitrogen and oxygen atoms in total. The lowest BCUT2D eigenvalue weighted by Crippen LogP contribution is -2.61. The van der Waals surface area contributed by atoms with E-state index in [1.165, 1.54) is 48.6 Å². The zero-order chi connectivity index (χ0) is 74.9. The molecular weight excluding hydrogens is 1400 g/mol. The Labute approximate surface area is 593 Å². The molecule has 1 aromatic heterocycles. The number of carbonyl (C=O) groups is 16. The van der Waals surface area contributed by atoms with Crippen molar-refractivity contribution in [1.29, 1.82) is 0 Å². The first-order valence-corrected chi connectivity index (χ1v) is 33.1. The molecule has 1 aromatic carbocycles. The number of phenols is 1. The molecule has 3 rings (SSSR count). The number of primary amides is 2. The number of nitrogens with zero attached hydrogens (tertiary/aromatic N) is 3. The van der Waals surface area contributed by atoms with E-state index in [0.29, 0.717) is 5.69 Å². The number of hydrogen-bond acceptors (Lipinski definition) is 25. The first-order chi connectivity index (χ1) is 47.3. The second-order valence-corrected chi connectivity index (χ2v) is 23.7. The number of rotatable bonds is 43. The number of nitrogens with two attached hydrogens (primary N) is 5. The van der Waals surface area contributed by atoms with Crippen LogP contribution in [0.2, 0.25) is 0 Å². The highest BCUT2D eigenvalue weighted by atomic mass is 32.1. The highest BCUT2D eigenvalue weighted by Gasteiger charge is 2.41. The zero-order valence-electron chi connectivity index (χ0n) is 53.8. The van der Waals surface area contributed by atoms with Crippen molar-refractivity contribution in [2.75, 3.05) is 55.8 Å². The molecule has 0 saturated carbocycles. The molecule has 15 amide bonds. The molecule has 1 aliphatic heterocycles. The Morgan fingerprint density at radius 2 is 1.06 bits per heavy atom. The number of nitrogens with one attached hydrogen (secondary N) is 13. The number of aromatic amines is 1. The number of carbonyl (C=O) groups excluding carboxylic acids is 15. The molecule has 1 aliphatic rings. The summed E-state index contributed by atoms with van der Waals surface area (Å²) >= 11 is 16.4. The van der Waals surface area contributed by atoms with E-state index in [1.807, 2.05) is 0 Å². The number of aromatic hydroxyl groups is 1. The molecule has 2 aromatic rings. The van der Waals surface area contributed by atoms with Crippen LogP contribution in [0.5, 0.6) is 5.75 Å². The lowest BCUT2D eigenvalue weighted by molar-refractivity contribution is -0.142. The molecule has 1 fully saturated rings. The van der Waals surface area contributed by atoms with E-state index >= 15 is 0 Å². The Hall–Kier alpha value is -9.66. The standard InChI is InChI=1S/C56H85N21O19S4/c1-25(66-53(93)39-5-3-11-77(39)54(94)33(13-27-17-62-24-65-27)71-51(91)36(21-98)75-52(92)37(22-99)74-46(86)29(67-42(82)16-57)4-2-10-63-56(60)61)44(84)73-35(20-97)45(85)64-18-43(83)68-31(14-40(58)80)48(88)70-32(15-41(59)81)49(89)69-30(12-26-6-8-28(79)9-7-26)47(87)72-34(19-78)50(90)76-38(23-100)55(95)96/h6-9,17,24-25,29-39,78-79,97-100H,2-5,10-16,18-23,57H2,1H3,(H2,58,80)(H2,59,81)(H,62,65)(H,64,85)(H,66,93)(H,67,82)(H,68,83)(H,69,89)(H,70,88)(H,71,91)(H,72,87)(H,73,84)(H,74,86)(H,75,92)(H,76,90)(H,95,96)(H4,60,61,63)/t25-,29-,30-,31-,32-,33-,34-,35-,36-,37-,38-,39-/m0/s1. The van der Waals surface area contributed by atoms with Gasteiger partial charge in [0.25, 0.3) is 0 Å². The number of thiol groups is 4. The summed E-state index contributed by atoms with van der Waals surface area (Å²) in [6, 6.07) is -13.4. The Morgan fingerprint density at radius 3 is 1.58 bits per heavy atom. The number of likely N-dealkylation sites (tertiary alicyclic amines) is 1. The van der Waals surface area contributed by atoms with Crippen LogP contribution in [0.4, 0.5) is 0 Å². The molecule has 0 aliphatic carbocycles. The molecule has 0 spiro atoms. The van der Waals surface area contributed by atoms with Gasteiger partial charge in [0.15, 0.2) is 5.96 Å². The van der Waals surface area contributed by atoms with Crippen LogP contribution in [0.3, 0.4) is 0 Å². The number of guanidine groups is 1. The van der Waals surface area contributed by atoms with Gasteiger partial charge in [-0.25, -0.2) is 9.78 Å². The lowest BCUT2D eigenvalue weighted by atomic mass is 10.0. The van der Waals surface area contributed by atoms with Gasteiger partial charge in [0, 0.05) is 60.8 Å². The van der Waals surface area contributed by atoms with Crippen LogP contribution < -0.4 is 92.5 Å². The fourth-order valence-electron chi connectivity index (χ4n) is 9.32. The number of aliphatic carboxylic acids is 1. The molecule has 100 heavy (non-hydrogen) atoms. The molecule has 1 saturated heterocycles. The molecule has 12 atom stereocenters. The first-order valence-electron chi connectivity index (χ1n) is 30.5. The van der Waals surface area contributed by atoms with Crippen LogP contribution in [-0.2, 0) is 89.6 Å². The molecule has 0 bridgehead atoms. The number of phenolic OH excluding ortho intramolecular Hbond substituents is 1. The molecule has 44 heteroatoms. The van der Waals surface area contributed by atoms with Gasteiger partial charge in [0.05, 0.1) is 38.9 Å². The van der Waals surface area contributed by atoms with Gasteiger partial charge in [-0.3, -0.25) is 76.9 Å². The normalized spacial score (nSPS) is 15.7. The van der Waals surface area contributed by atoms with Crippen molar-refractivity contribution < 1.29 is 92.0 Å². The number of amides is 15. The van der Waals surface area contributed by atoms with Gasteiger partial charge in [0.2, 0.25) is 88.6 Å². The molecular formula is C56H85N21O19S4. The number of H-pyrrole nitrogens is 1. The third kappa shape index (κ3) is 28.7. The molecule has 0 unspecified atom stereocenters. The zero-order valence-corrected chi connectivity index (χ0v) is 57.4. The van der Waals surface area contributed by atoms with Crippen molar-refractivity contribution in [2.24, 2.45) is 33.7 Å². The average molecular weight is 1480 g/mol. The highest BCUT2D eigenvalue weighted by molar-refractivity contribution is 7.80. The van der Waals surface area contributed by atoms with Crippen LogP contribution in [-0.4, -0.2) is 259 Å². The van der Waals surface area contributed by atoms with E-state index in [1.54, 1.807) is 0 Å². The van der Waals surface area contributed by atoms with Gasteiger partial charge in [0.1, 0.15) is 78.3 Å². The first kappa shape index (κ1) is 84.6. The maximum absolute atomic E-state index is 14.4. The van der Waals surface area contributed by atoms with E-state index < -0.39 is 212 Å². The summed E-state index contributed by atoms with van der Waals surface area (Å²) in [5.41, 5.74) is 27.6. The van der Waals surface area contributed by atoms with Gasteiger partial charge in [-0.05, 0) is 50.3 Å². The third-order valence-corrected chi connectivity index (χ3v) is 16.0. The van der Waals surface area contributed by atoms with Crippen molar-refractivity contribution in [3.05, 3.63) is 48.0 Å². The minimum atomic E-state index is -1.97. The predicted octanol–water partition coefficient (Wildman–Crippen LogP) is -11.1. The summed E-state index contributed by atoms with van der Waals surface area (Å²) < 4.78 is 0. The van der Waals surface area contributed by atoms with Crippen LogP contribution in [0.25, 0.3) is 0 Å². The smallest absolute Gasteiger partial charge is 0.327 e. The summed E-state index contributed by atoms with van der Waals surface area (Å²) in [5.74, 6) is -18.6. The second-order valence-electron chi connectivity index (χ2n) is 22.3. The highest BCUT2D eigenvalue weighted by Crippen LogP contribution is 2.21. The fraction of sp³-hybridized carbons (Fsp3) is 0.536. The molecule has 2 heterocycles. The number of aliphatic imine (C=N–C) groups is 1. The van der Waals surface area contributed by atoms with Gasteiger partial charge in [-0.1, -0.05) is 12.1 Å². The van der Waals surface area contributed by atoms with Gasteiger partial charge >= 0.3 is 5.97 Å². The number of aliphatic hydroxyl groups excluding tert-OH is 1.